The van der Waals surface area contributed by atoms with E-state index in [1.165, 1.54) is 25.0 Å². The SMILES string of the molecule is N#Cc1c(N)nc2c(c1-c1ccccc1C(F)(F)F)CCCCCCCCCC2. The fourth-order valence-electron chi connectivity index (χ4n) is 4.18. The molecule has 154 valence electrons. The maximum Gasteiger partial charge on any atom is 0.417 e. The summed E-state index contributed by atoms with van der Waals surface area (Å²) in [4.78, 5) is 4.46. The fourth-order valence-corrected chi connectivity index (χ4v) is 4.18. The molecule has 0 fully saturated rings. The highest BCUT2D eigenvalue weighted by Gasteiger charge is 2.35. The van der Waals surface area contributed by atoms with E-state index in [-0.39, 0.29) is 16.9 Å². The third kappa shape index (κ3) is 4.90. The van der Waals surface area contributed by atoms with Crippen LogP contribution in [0.25, 0.3) is 11.1 Å². The van der Waals surface area contributed by atoms with Crippen molar-refractivity contribution in [1.29, 1.82) is 5.26 Å². The number of rotatable bonds is 1. The highest BCUT2D eigenvalue weighted by Crippen LogP contribution is 2.41. The molecule has 0 atom stereocenters. The minimum atomic E-state index is -4.51. The Morgan fingerprint density at radius 3 is 2.10 bits per heavy atom. The molecule has 1 aliphatic rings. The van der Waals surface area contributed by atoms with Crippen molar-refractivity contribution < 1.29 is 13.2 Å². The summed E-state index contributed by atoms with van der Waals surface area (Å²) in [5, 5.41) is 9.71. The number of pyridine rings is 1. The maximum absolute atomic E-state index is 13.7. The summed E-state index contributed by atoms with van der Waals surface area (Å²) in [5.41, 5.74) is 7.21. The van der Waals surface area contributed by atoms with Gasteiger partial charge in [-0.3, -0.25) is 0 Å². The van der Waals surface area contributed by atoms with E-state index in [0.717, 1.165) is 55.8 Å². The Balaban J connectivity index is 2.22. The van der Waals surface area contributed by atoms with E-state index in [1.54, 1.807) is 6.07 Å². The van der Waals surface area contributed by atoms with E-state index in [9.17, 15) is 18.4 Å². The van der Waals surface area contributed by atoms with Gasteiger partial charge in [0.1, 0.15) is 17.5 Å². The van der Waals surface area contributed by atoms with Crippen molar-refractivity contribution in [2.45, 2.75) is 70.4 Å². The molecular weight excluding hydrogens is 375 g/mol. The molecule has 0 aliphatic heterocycles. The van der Waals surface area contributed by atoms with Gasteiger partial charge in [0, 0.05) is 11.3 Å². The molecule has 0 radical (unpaired) electrons. The van der Waals surface area contributed by atoms with Gasteiger partial charge in [-0.25, -0.2) is 4.98 Å². The number of nitriles is 1. The molecule has 3 rings (SSSR count). The van der Waals surface area contributed by atoms with Crippen LogP contribution in [0.1, 0.15) is 73.8 Å². The second-order valence-electron chi connectivity index (χ2n) is 7.66. The van der Waals surface area contributed by atoms with Crippen molar-refractivity contribution in [1.82, 2.24) is 4.98 Å². The van der Waals surface area contributed by atoms with Gasteiger partial charge >= 0.3 is 6.18 Å². The average Bonchev–Trinajstić information content (AvgIpc) is 2.68. The molecule has 1 aliphatic carbocycles. The van der Waals surface area contributed by atoms with Crippen LogP contribution < -0.4 is 5.73 Å². The lowest BCUT2D eigenvalue weighted by molar-refractivity contribution is -0.137. The summed E-state index contributed by atoms with van der Waals surface area (Å²) in [5.74, 6) is 0.0188. The first-order valence-corrected chi connectivity index (χ1v) is 10.3. The largest absolute Gasteiger partial charge is 0.417 e. The summed E-state index contributed by atoms with van der Waals surface area (Å²) >= 11 is 0. The predicted octanol–water partition coefficient (Wildman–Crippen LogP) is 6.44. The Morgan fingerprint density at radius 2 is 1.48 bits per heavy atom. The number of aryl methyl sites for hydroxylation is 1. The Hall–Kier alpha value is -2.55. The first-order chi connectivity index (χ1) is 13.9. The third-order valence-electron chi connectivity index (χ3n) is 5.62. The van der Waals surface area contributed by atoms with E-state index in [1.807, 2.05) is 6.07 Å². The molecule has 3 nitrogen and oxygen atoms in total. The van der Waals surface area contributed by atoms with Crippen LogP contribution in [0.15, 0.2) is 24.3 Å². The number of aromatic nitrogens is 1. The summed E-state index contributed by atoms with van der Waals surface area (Å²) in [6.45, 7) is 0. The Kier molecular flexibility index (Phi) is 6.79. The zero-order valence-electron chi connectivity index (χ0n) is 16.5. The summed E-state index contributed by atoms with van der Waals surface area (Å²) in [6.07, 6.45) is 5.34. The lowest BCUT2D eigenvalue weighted by Crippen LogP contribution is -2.12. The Morgan fingerprint density at radius 1 is 0.897 bits per heavy atom. The second-order valence-corrected chi connectivity index (χ2v) is 7.66. The van der Waals surface area contributed by atoms with Crippen molar-refractivity contribution in [2.75, 3.05) is 5.73 Å². The summed E-state index contributed by atoms with van der Waals surface area (Å²) < 4.78 is 41.2. The number of fused-ring (bicyclic) bond motifs is 1. The molecule has 29 heavy (non-hydrogen) atoms. The topological polar surface area (TPSA) is 62.7 Å². The zero-order valence-corrected chi connectivity index (χ0v) is 16.5. The number of nitrogens with two attached hydrogens (primary N) is 1. The number of anilines is 1. The number of hydrogen-bond donors (Lipinski definition) is 1. The Labute approximate surface area is 169 Å². The van der Waals surface area contributed by atoms with Gasteiger partial charge in [0.25, 0.3) is 0 Å². The van der Waals surface area contributed by atoms with Crippen LogP contribution in [0.5, 0.6) is 0 Å². The smallest absolute Gasteiger partial charge is 0.383 e. The van der Waals surface area contributed by atoms with Crippen molar-refractivity contribution >= 4 is 5.82 Å². The maximum atomic E-state index is 13.7. The van der Waals surface area contributed by atoms with Crippen molar-refractivity contribution in [2.24, 2.45) is 0 Å². The van der Waals surface area contributed by atoms with E-state index in [0.29, 0.717) is 18.4 Å². The molecule has 1 aromatic heterocycles. The molecule has 0 unspecified atom stereocenters. The van der Waals surface area contributed by atoms with Gasteiger partial charge in [0.05, 0.1) is 5.56 Å². The molecule has 2 aromatic rings. The predicted molar refractivity (Wildman–Crippen MR) is 108 cm³/mol. The summed E-state index contributed by atoms with van der Waals surface area (Å²) in [7, 11) is 0. The van der Waals surface area contributed by atoms with Gasteiger partial charge in [-0.05, 0) is 42.9 Å². The minimum Gasteiger partial charge on any atom is -0.383 e. The zero-order chi connectivity index (χ0) is 20.9. The van der Waals surface area contributed by atoms with Crippen LogP contribution in [0.3, 0.4) is 0 Å². The molecular formula is C23H26F3N3. The standard InChI is InChI=1S/C23H26F3N3/c24-23(25,26)19-13-10-9-11-16(19)21-17-12-7-5-3-1-2-4-6-8-14-20(17)29-22(28)18(21)15-27/h9-11,13H,1-8,12,14H2,(H2,28,29). The minimum absolute atomic E-state index is 0.0188. The first-order valence-electron chi connectivity index (χ1n) is 10.3. The molecule has 0 amide bonds. The molecule has 0 saturated heterocycles. The number of halogens is 3. The molecule has 0 spiro atoms. The molecule has 0 saturated carbocycles. The normalized spacial score (nSPS) is 16.2. The fraction of sp³-hybridized carbons (Fsp3) is 0.478. The van der Waals surface area contributed by atoms with Gasteiger partial charge in [-0.2, -0.15) is 18.4 Å². The molecule has 0 bridgehead atoms. The van der Waals surface area contributed by atoms with E-state index in [2.05, 4.69) is 4.98 Å². The quantitative estimate of drug-likeness (QED) is 0.598. The van der Waals surface area contributed by atoms with Crippen LogP contribution in [-0.4, -0.2) is 4.98 Å². The Bertz CT molecular complexity index is 897. The highest BCUT2D eigenvalue weighted by atomic mass is 19.4. The molecule has 1 heterocycles. The van der Waals surface area contributed by atoms with Crippen LogP contribution >= 0.6 is 0 Å². The van der Waals surface area contributed by atoms with Crippen LogP contribution in [0, 0.1) is 11.3 Å². The lowest BCUT2D eigenvalue weighted by Gasteiger charge is -2.21. The molecule has 2 N–H and O–H groups in total. The van der Waals surface area contributed by atoms with Gasteiger partial charge in [-0.15, -0.1) is 0 Å². The van der Waals surface area contributed by atoms with Gasteiger partial charge < -0.3 is 5.73 Å². The van der Waals surface area contributed by atoms with E-state index < -0.39 is 11.7 Å². The average molecular weight is 401 g/mol. The number of benzene rings is 1. The highest BCUT2D eigenvalue weighted by molar-refractivity contribution is 5.81. The first kappa shape index (κ1) is 21.2. The van der Waals surface area contributed by atoms with Gasteiger partial charge in [0.15, 0.2) is 0 Å². The molecule has 1 aromatic carbocycles. The number of hydrogen-bond acceptors (Lipinski definition) is 3. The monoisotopic (exact) mass is 401 g/mol. The van der Waals surface area contributed by atoms with Crippen LogP contribution in [-0.2, 0) is 19.0 Å². The van der Waals surface area contributed by atoms with Crippen molar-refractivity contribution in [3.8, 4) is 17.2 Å². The lowest BCUT2D eigenvalue weighted by atomic mass is 9.87. The van der Waals surface area contributed by atoms with Crippen LogP contribution in [0.4, 0.5) is 19.0 Å². The third-order valence-corrected chi connectivity index (χ3v) is 5.62. The summed E-state index contributed by atoms with van der Waals surface area (Å²) in [6, 6.07) is 7.47. The number of alkyl halides is 3. The van der Waals surface area contributed by atoms with Gasteiger partial charge in [0.2, 0.25) is 0 Å². The number of nitrogens with zero attached hydrogens (tertiary/aromatic N) is 2. The second kappa shape index (κ2) is 9.30. The number of nitrogen functional groups attached to an aromatic ring is 1. The molecule has 6 heteroatoms. The van der Waals surface area contributed by atoms with E-state index >= 15 is 0 Å². The van der Waals surface area contributed by atoms with Crippen molar-refractivity contribution in [3.05, 3.63) is 46.6 Å². The van der Waals surface area contributed by atoms with Gasteiger partial charge in [-0.1, -0.05) is 56.7 Å². The van der Waals surface area contributed by atoms with Crippen LogP contribution in [0.2, 0.25) is 0 Å². The van der Waals surface area contributed by atoms with Crippen molar-refractivity contribution in [3.63, 3.8) is 0 Å². The van der Waals surface area contributed by atoms with E-state index in [4.69, 9.17) is 5.73 Å².